The second-order valence-corrected chi connectivity index (χ2v) is 7.42. The predicted octanol–water partition coefficient (Wildman–Crippen LogP) is 3.40. The number of benzene rings is 2. The summed E-state index contributed by atoms with van der Waals surface area (Å²) in [6.07, 6.45) is 0.888. The molecule has 0 unspecified atom stereocenters. The quantitative estimate of drug-likeness (QED) is 0.559. The summed E-state index contributed by atoms with van der Waals surface area (Å²) in [7, 11) is 3.91. The van der Waals surface area contributed by atoms with Gasteiger partial charge in [0.05, 0.1) is 12.3 Å². The Labute approximate surface area is 178 Å². The monoisotopic (exact) mass is 412 g/mol. The highest BCUT2D eigenvalue weighted by molar-refractivity contribution is 5.94. The van der Waals surface area contributed by atoms with Crippen LogP contribution in [-0.4, -0.2) is 50.6 Å². The van der Waals surface area contributed by atoms with Crippen LogP contribution in [0.5, 0.6) is 5.75 Å². The molecule has 3 N–H and O–H groups in total. The number of rotatable bonds is 10. The fraction of sp³-hybridized carbons (Fsp3) is 0.391. The molecule has 162 valence electrons. The molecule has 2 aromatic carbocycles. The molecular weight excluding hydrogens is 380 g/mol. The van der Waals surface area contributed by atoms with Crippen molar-refractivity contribution < 1.29 is 14.3 Å². The number of aryl methyl sites for hydroxylation is 1. The Kier molecular flexibility index (Phi) is 9.15. The van der Waals surface area contributed by atoms with E-state index in [4.69, 9.17) is 4.74 Å². The zero-order valence-electron chi connectivity index (χ0n) is 18.2. The first kappa shape index (κ1) is 23.2. The molecule has 7 heteroatoms. The molecule has 2 rings (SSSR count). The van der Waals surface area contributed by atoms with Gasteiger partial charge in [0.25, 0.3) is 5.91 Å². The van der Waals surface area contributed by atoms with Gasteiger partial charge in [0, 0.05) is 25.2 Å². The van der Waals surface area contributed by atoms with Crippen molar-refractivity contribution in [3.05, 3.63) is 59.2 Å². The van der Waals surface area contributed by atoms with E-state index in [0.29, 0.717) is 36.7 Å². The summed E-state index contributed by atoms with van der Waals surface area (Å²) in [5, 5.41) is 8.55. The fourth-order valence-corrected chi connectivity index (χ4v) is 2.73. The van der Waals surface area contributed by atoms with Crippen molar-refractivity contribution in [2.24, 2.45) is 0 Å². The van der Waals surface area contributed by atoms with Gasteiger partial charge in [0.1, 0.15) is 5.75 Å². The Morgan fingerprint density at radius 2 is 1.87 bits per heavy atom. The number of nitrogens with zero attached hydrogens (tertiary/aromatic N) is 1. The molecule has 0 spiro atoms. The molecule has 0 bridgehead atoms. The van der Waals surface area contributed by atoms with Crippen LogP contribution in [0, 0.1) is 6.92 Å². The van der Waals surface area contributed by atoms with Gasteiger partial charge in [-0.1, -0.05) is 25.1 Å². The van der Waals surface area contributed by atoms with Crippen molar-refractivity contribution in [2.45, 2.75) is 26.8 Å². The van der Waals surface area contributed by atoms with Crippen LogP contribution in [-0.2, 0) is 6.54 Å². The first-order valence-electron chi connectivity index (χ1n) is 10.2. The van der Waals surface area contributed by atoms with Crippen molar-refractivity contribution in [3.63, 3.8) is 0 Å². The molecular formula is C23H32N4O3. The highest BCUT2D eigenvalue weighted by atomic mass is 16.5. The molecule has 0 aliphatic heterocycles. The summed E-state index contributed by atoms with van der Waals surface area (Å²) in [5.41, 5.74) is 3.10. The van der Waals surface area contributed by atoms with Gasteiger partial charge in [0.15, 0.2) is 0 Å². The molecule has 0 aliphatic carbocycles. The largest absolute Gasteiger partial charge is 0.491 e. The molecule has 2 aromatic rings. The number of urea groups is 1. The maximum Gasteiger partial charge on any atom is 0.319 e. The Morgan fingerprint density at radius 3 is 2.60 bits per heavy atom. The van der Waals surface area contributed by atoms with Crippen LogP contribution >= 0.6 is 0 Å². The molecule has 0 aromatic heterocycles. The van der Waals surface area contributed by atoms with Gasteiger partial charge in [-0.2, -0.15) is 0 Å². The number of anilines is 1. The number of carbonyl (C=O) groups is 2. The van der Waals surface area contributed by atoms with Crippen LogP contribution in [0.25, 0.3) is 0 Å². The third kappa shape index (κ3) is 7.75. The number of amides is 3. The van der Waals surface area contributed by atoms with E-state index in [-0.39, 0.29) is 11.9 Å². The van der Waals surface area contributed by atoms with E-state index < -0.39 is 0 Å². The van der Waals surface area contributed by atoms with Crippen molar-refractivity contribution in [1.29, 1.82) is 0 Å². The Hall–Kier alpha value is -3.06. The second kappa shape index (κ2) is 11.8. The van der Waals surface area contributed by atoms with E-state index in [1.54, 1.807) is 12.1 Å². The number of ether oxygens (including phenoxy) is 1. The first-order valence-corrected chi connectivity index (χ1v) is 10.2. The number of hydrogen-bond donors (Lipinski definition) is 3. The molecule has 0 saturated heterocycles. The van der Waals surface area contributed by atoms with Crippen molar-refractivity contribution in [3.8, 4) is 5.75 Å². The third-order valence-electron chi connectivity index (χ3n) is 4.33. The fourth-order valence-electron chi connectivity index (χ4n) is 2.73. The number of carbonyl (C=O) groups excluding carboxylic acids is 2. The van der Waals surface area contributed by atoms with Gasteiger partial charge in [-0.25, -0.2) is 4.79 Å². The van der Waals surface area contributed by atoms with Crippen LogP contribution in [0.2, 0.25) is 0 Å². The lowest BCUT2D eigenvalue weighted by Gasteiger charge is -2.14. The topological polar surface area (TPSA) is 82.7 Å². The van der Waals surface area contributed by atoms with Crippen molar-refractivity contribution >= 4 is 17.6 Å². The zero-order valence-corrected chi connectivity index (χ0v) is 18.2. The highest BCUT2D eigenvalue weighted by Gasteiger charge is 2.10. The summed E-state index contributed by atoms with van der Waals surface area (Å²) < 4.78 is 5.73. The van der Waals surface area contributed by atoms with Crippen LogP contribution in [0.3, 0.4) is 0 Å². The molecule has 30 heavy (non-hydrogen) atoms. The zero-order chi connectivity index (χ0) is 21.9. The minimum Gasteiger partial charge on any atom is -0.491 e. The highest BCUT2D eigenvalue weighted by Crippen LogP contribution is 2.25. The van der Waals surface area contributed by atoms with Gasteiger partial charge in [-0.3, -0.25) is 4.79 Å². The number of hydrogen-bond acceptors (Lipinski definition) is 4. The SMILES string of the molecule is CCCOc1cc(C)ccc1NC(=O)NCc1cccc(C(=O)NCCN(C)C)c1. The van der Waals surface area contributed by atoms with E-state index in [2.05, 4.69) is 16.0 Å². The number of nitrogens with one attached hydrogen (secondary N) is 3. The molecule has 0 aliphatic rings. The molecule has 0 radical (unpaired) electrons. The van der Waals surface area contributed by atoms with Crippen molar-refractivity contribution in [1.82, 2.24) is 15.5 Å². The maximum atomic E-state index is 12.4. The summed E-state index contributed by atoms with van der Waals surface area (Å²) in [5.74, 6) is 0.531. The van der Waals surface area contributed by atoms with E-state index in [1.165, 1.54) is 0 Å². The van der Waals surface area contributed by atoms with Gasteiger partial charge in [-0.15, -0.1) is 0 Å². The lowest BCUT2D eigenvalue weighted by molar-refractivity contribution is 0.0951. The molecule has 3 amide bonds. The van der Waals surface area contributed by atoms with Crippen LogP contribution < -0.4 is 20.7 Å². The molecule has 7 nitrogen and oxygen atoms in total. The third-order valence-corrected chi connectivity index (χ3v) is 4.33. The summed E-state index contributed by atoms with van der Waals surface area (Å²) >= 11 is 0. The smallest absolute Gasteiger partial charge is 0.319 e. The van der Waals surface area contributed by atoms with Crippen LogP contribution in [0.1, 0.15) is 34.8 Å². The normalized spacial score (nSPS) is 10.6. The van der Waals surface area contributed by atoms with E-state index in [0.717, 1.165) is 24.1 Å². The van der Waals surface area contributed by atoms with Crippen LogP contribution in [0.15, 0.2) is 42.5 Å². The first-order chi connectivity index (χ1) is 14.4. The average Bonchev–Trinajstić information content (AvgIpc) is 2.72. The van der Waals surface area contributed by atoms with Gasteiger partial charge in [0.2, 0.25) is 0 Å². The van der Waals surface area contributed by atoms with Gasteiger partial charge >= 0.3 is 6.03 Å². The minimum atomic E-state index is -0.332. The van der Waals surface area contributed by atoms with E-state index in [9.17, 15) is 9.59 Å². The summed E-state index contributed by atoms with van der Waals surface area (Å²) in [6.45, 7) is 6.26. The maximum absolute atomic E-state index is 12.4. The Morgan fingerprint density at radius 1 is 1.07 bits per heavy atom. The summed E-state index contributed by atoms with van der Waals surface area (Å²) in [6, 6.07) is 12.6. The molecule has 0 fully saturated rings. The van der Waals surface area contributed by atoms with Gasteiger partial charge < -0.3 is 25.6 Å². The molecule has 0 atom stereocenters. The van der Waals surface area contributed by atoms with E-state index >= 15 is 0 Å². The van der Waals surface area contributed by atoms with Gasteiger partial charge in [-0.05, 0) is 62.8 Å². The molecule has 0 saturated carbocycles. The molecule has 0 heterocycles. The Bertz CT molecular complexity index is 852. The predicted molar refractivity (Wildman–Crippen MR) is 120 cm³/mol. The lowest BCUT2D eigenvalue weighted by atomic mass is 10.1. The van der Waals surface area contributed by atoms with E-state index in [1.807, 2.05) is 63.2 Å². The number of likely N-dealkylation sites (N-methyl/N-ethyl adjacent to an activating group) is 1. The lowest BCUT2D eigenvalue weighted by Crippen LogP contribution is -2.31. The van der Waals surface area contributed by atoms with Crippen molar-refractivity contribution in [2.75, 3.05) is 39.1 Å². The standard InChI is InChI=1S/C23H32N4O3/c1-5-13-30-21-14-17(2)9-10-20(21)26-23(29)25-16-18-7-6-8-19(15-18)22(28)24-11-12-27(3)4/h6-10,14-15H,5,11-13,16H2,1-4H3,(H,24,28)(H2,25,26,29). The second-order valence-electron chi connectivity index (χ2n) is 7.42. The summed E-state index contributed by atoms with van der Waals surface area (Å²) in [4.78, 5) is 26.6. The Balaban J connectivity index is 1.91. The average molecular weight is 413 g/mol. The minimum absolute atomic E-state index is 0.125. The van der Waals surface area contributed by atoms with Crippen LogP contribution in [0.4, 0.5) is 10.5 Å².